The summed E-state index contributed by atoms with van der Waals surface area (Å²) in [5.74, 6) is 0. The first-order valence-electron chi connectivity index (χ1n) is 3.96. The van der Waals surface area contributed by atoms with Crippen molar-refractivity contribution in [3.05, 3.63) is 23.3 Å². The summed E-state index contributed by atoms with van der Waals surface area (Å²) in [5, 5.41) is 6.84. The Bertz CT molecular complexity index is 171. The van der Waals surface area contributed by atoms with Crippen molar-refractivity contribution >= 4 is 6.21 Å². The van der Waals surface area contributed by atoms with E-state index < -0.39 is 0 Å². The third kappa shape index (κ3) is 7.04. The summed E-state index contributed by atoms with van der Waals surface area (Å²) in [6.45, 7) is 6.27. The number of allylic oxidation sites excluding steroid dienone is 4. The Morgan fingerprint density at radius 3 is 2.36 bits per heavy atom. The van der Waals surface area contributed by atoms with Crippen LogP contribution in [-0.4, -0.2) is 6.21 Å². The van der Waals surface area contributed by atoms with Crippen molar-refractivity contribution in [1.82, 2.24) is 0 Å². The van der Waals surface area contributed by atoms with Crippen molar-refractivity contribution in [1.29, 1.82) is 5.41 Å². The van der Waals surface area contributed by atoms with Gasteiger partial charge in [-0.05, 0) is 39.7 Å². The van der Waals surface area contributed by atoms with Crippen molar-refractivity contribution in [2.45, 2.75) is 33.6 Å². The minimum Gasteiger partial charge on any atom is -0.309 e. The van der Waals surface area contributed by atoms with Gasteiger partial charge in [0.25, 0.3) is 0 Å². The summed E-state index contributed by atoms with van der Waals surface area (Å²) < 4.78 is 0. The second-order valence-electron chi connectivity index (χ2n) is 3.00. The van der Waals surface area contributed by atoms with Gasteiger partial charge >= 0.3 is 0 Å². The van der Waals surface area contributed by atoms with Gasteiger partial charge in [0.15, 0.2) is 0 Å². The van der Waals surface area contributed by atoms with Gasteiger partial charge in [-0.15, -0.1) is 0 Å². The SMILES string of the molecule is CC(C)=CCCC(C)=CC=N. The van der Waals surface area contributed by atoms with Crippen LogP contribution in [0.3, 0.4) is 0 Å². The van der Waals surface area contributed by atoms with Crippen LogP contribution in [0.1, 0.15) is 33.6 Å². The quantitative estimate of drug-likeness (QED) is 0.470. The highest BCUT2D eigenvalue weighted by atomic mass is 14.3. The highest BCUT2D eigenvalue weighted by Crippen LogP contribution is 2.05. The fraction of sp³-hybridized carbons (Fsp3) is 0.500. The number of hydrogen-bond acceptors (Lipinski definition) is 1. The third-order valence-corrected chi connectivity index (χ3v) is 1.46. The molecule has 11 heavy (non-hydrogen) atoms. The van der Waals surface area contributed by atoms with E-state index in [-0.39, 0.29) is 0 Å². The fourth-order valence-electron chi connectivity index (χ4n) is 0.814. The maximum atomic E-state index is 6.84. The molecule has 0 heterocycles. The number of hydrogen-bond donors (Lipinski definition) is 1. The molecule has 0 aliphatic carbocycles. The minimum atomic E-state index is 1.07. The Hall–Kier alpha value is -0.850. The van der Waals surface area contributed by atoms with Crippen LogP contribution in [-0.2, 0) is 0 Å². The van der Waals surface area contributed by atoms with Crippen LogP contribution in [0.5, 0.6) is 0 Å². The molecule has 1 heteroatoms. The summed E-state index contributed by atoms with van der Waals surface area (Å²) in [6, 6.07) is 0. The standard InChI is InChI=1S/C10H17N/c1-9(2)5-4-6-10(3)7-8-11/h5,7-8,11H,4,6H2,1-3H3. The maximum Gasteiger partial charge on any atom is 0.0177 e. The van der Waals surface area contributed by atoms with Crippen LogP contribution in [0.4, 0.5) is 0 Å². The number of rotatable bonds is 4. The van der Waals surface area contributed by atoms with Crippen LogP contribution < -0.4 is 0 Å². The average Bonchev–Trinajstić information content (AvgIpc) is 1.87. The van der Waals surface area contributed by atoms with Crippen LogP contribution in [0.15, 0.2) is 23.3 Å². The monoisotopic (exact) mass is 151 g/mol. The Labute approximate surface area is 69.3 Å². The van der Waals surface area contributed by atoms with Gasteiger partial charge in [-0.25, -0.2) is 0 Å². The number of nitrogens with one attached hydrogen (secondary N) is 1. The van der Waals surface area contributed by atoms with Crippen molar-refractivity contribution in [2.75, 3.05) is 0 Å². The molecule has 0 saturated heterocycles. The lowest BCUT2D eigenvalue weighted by Crippen LogP contribution is -1.77. The molecule has 62 valence electrons. The first-order valence-corrected chi connectivity index (χ1v) is 3.96. The van der Waals surface area contributed by atoms with E-state index in [9.17, 15) is 0 Å². The molecule has 0 unspecified atom stereocenters. The topological polar surface area (TPSA) is 23.9 Å². The van der Waals surface area contributed by atoms with E-state index in [2.05, 4.69) is 26.8 Å². The highest BCUT2D eigenvalue weighted by molar-refractivity contribution is 5.68. The van der Waals surface area contributed by atoms with Crippen LogP contribution in [0.25, 0.3) is 0 Å². The van der Waals surface area contributed by atoms with Crippen molar-refractivity contribution in [2.24, 2.45) is 0 Å². The van der Waals surface area contributed by atoms with Gasteiger partial charge in [0.05, 0.1) is 0 Å². The van der Waals surface area contributed by atoms with E-state index in [0.29, 0.717) is 0 Å². The van der Waals surface area contributed by atoms with Gasteiger partial charge in [-0.2, -0.15) is 0 Å². The second kappa shape index (κ2) is 5.90. The van der Waals surface area contributed by atoms with E-state index in [1.807, 2.05) is 6.08 Å². The molecule has 0 bridgehead atoms. The molecule has 0 aliphatic heterocycles. The zero-order valence-electron chi connectivity index (χ0n) is 7.65. The summed E-state index contributed by atoms with van der Waals surface area (Å²) in [7, 11) is 0. The van der Waals surface area contributed by atoms with Crippen molar-refractivity contribution in [3.63, 3.8) is 0 Å². The van der Waals surface area contributed by atoms with Crippen molar-refractivity contribution in [3.8, 4) is 0 Å². The minimum absolute atomic E-state index is 1.07. The molecule has 1 nitrogen and oxygen atoms in total. The average molecular weight is 151 g/mol. The molecule has 1 N–H and O–H groups in total. The molecular formula is C10H17N. The lowest BCUT2D eigenvalue weighted by Gasteiger charge is -1.95. The van der Waals surface area contributed by atoms with Gasteiger partial charge in [-0.1, -0.05) is 17.2 Å². The van der Waals surface area contributed by atoms with E-state index in [1.165, 1.54) is 17.4 Å². The third-order valence-electron chi connectivity index (χ3n) is 1.46. The lowest BCUT2D eigenvalue weighted by molar-refractivity contribution is 0.969. The van der Waals surface area contributed by atoms with Gasteiger partial charge in [-0.3, -0.25) is 0 Å². The zero-order chi connectivity index (χ0) is 8.69. The Morgan fingerprint density at radius 2 is 1.91 bits per heavy atom. The van der Waals surface area contributed by atoms with Crippen LogP contribution >= 0.6 is 0 Å². The first-order chi connectivity index (χ1) is 5.16. The molecule has 0 spiro atoms. The molecule has 0 rings (SSSR count). The molecule has 0 aromatic heterocycles. The zero-order valence-corrected chi connectivity index (χ0v) is 7.65. The summed E-state index contributed by atoms with van der Waals surface area (Å²) in [5.41, 5.74) is 2.64. The van der Waals surface area contributed by atoms with Crippen LogP contribution in [0.2, 0.25) is 0 Å². The van der Waals surface area contributed by atoms with Crippen molar-refractivity contribution < 1.29 is 0 Å². The summed E-state index contributed by atoms with van der Waals surface area (Å²) in [4.78, 5) is 0. The van der Waals surface area contributed by atoms with Gasteiger partial charge < -0.3 is 5.41 Å². The molecule has 0 aromatic rings. The predicted molar refractivity (Wildman–Crippen MR) is 51.2 cm³/mol. The van der Waals surface area contributed by atoms with Gasteiger partial charge in [0.1, 0.15) is 0 Å². The Balaban J connectivity index is 3.63. The first kappa shape index (κ1) is 10.2. The highest BCUT2D eigenvalue weighted by Gasteiger charge is 1.85. The largest absolute Gasteiger partial charge is 0.309 e. The van der Waals surface area contributed by atoms with Gasteiger partial charge in [0, 0.05) is 6.21 Å². The molecule has 0 aromatic carbocycles. The van der Waals surface area contributed by atoms with E-state index in [0.717, 1.165) is 12.8 Å². The molecule has 0 radical (unpaired) electrons. The maximum absolute atomic E-state index is 6.84. The predicted octanol–water partition coefficient (Wildman–Crippen LogP) is 3.33. The smallest absolute Gasteiger partial charge is 0.0177 e. The summed E-state index contributed by atoms with van der Waals surface area (Å²) >= 11 is 0. The Morgan fingerprint density at radius 1 is 1.27 bits per heavy atom. The Kier molecular flexibility index (Phi) is 5.44. The molecule has 0 fully saturated rings. The van der Waals surface area contributed by atoms with E-state index in [4.69, 9.17) is 5.41 Å². The lowest BCUT2D eigenvalue weighted by atomic mass is 10.1. The van der Waals surface area contributed by atoms with E-state index in [1.54, 1.807) is 0 Å². The van der Waals surface area contributed by atoms with Crippen LogP contribution in [0, 0.1) is 5.41 Å². The van der Waals surface area contributed by atoms with E-state index >= 15 is 0 Å². The molecule has 0 amide bonds. The molecule has 0 aliphatic rings. The molecule has 0 saturated carbocycles. The normalized spacial score (nSPS) is 11.0. The summed E-state index contributed by atoms with van der Waals surface area (Å²) in [6.07, 6.45) is 7.58. The molecular weight excluding hydrogens is 134 g/mol. The second-order valence-corrected chi connectivity index (χ2v) is 3.00. The fourth-order valence-corrected chi connectivity index (χ4v) is 0.814. The molecule has 0 atom stereocenters. The van der Waals surface area contributed by atoms with Gasteiger partial charge in [0.2, 0.25) is 0 Å².